The maximum Gasteiger partial charge on any atom is 0.0316 e. The standard InChI is InChI=1S/C27H20NS.C15H18GeN.Ir/c1-2-7-18(8-3-1)20-13-14-22-23-11-6-12-24(27(23)29-25(22)17-20)26-21-10-5-4-9-19(21)15-16-28-26;1-12-10-15(13-8-6-5-7-9-13)17-11-14(12)16(2,3)4;/h1-3,6-8,11,13-17H,4-5,9-10H2;5-8,10-11H,1-4H3;/q2*-1;/i9D2,10D2;;. The minimum atomic E-state index is -1.77. The van der Waals surface area contributed by atoms with Gasteiger partial charge < -0.3 is 4.98 Å². The van der Waals surface area contributed by atoms with E-state index in [2.05, 4.69) is 95.0 Å². The molecule has 1 radical (unpaired) electrons. The largest absolute Gasteiger partial charge is 0.304 e. The molecule has 0 aliphatic heterocycles. The van der Waals surface area contributed by atoms with Crippen LogP contribution in [0.5, 0.6) is 0 Å². The van der Waals surface area contributed by atoms with Gasteiger partial charge >= 0.3 is 106 Å². The van der Waals surface area contributed by atoms with Crippen molar-refractivity contribution < 1.29 is 25.6 Å². The number of fused-ring (bicyclic) bond motifs is 4. The Kier molecular flexibility index (Phi) is 8.74. The van der Waals surface area contributed by atoms with E-state index in [1.807, 2.05) is 48.5 Å². The van der Waals surface area contributed by atoms with Crippen molar-refractivity contribution in [3.05, 3.63) is 138 Å². The zero-order valence-electron chi connectivity index (χ0n) is 30.9. The first kappa shape index (κ1) is 28.6. The fourth-order valence-corrected chi connectivity index (χ4v) is 11.0. The Hall–Kier alpha value is -3.41. The molecule has 0 amide bonds. The molecule has 1 aliphatic carbocycles. The third-order valence-corrected chi connectivity index (χ3v) is 14.0. The van der Waals surface area contributed by atoms with Gasteiger partial charge in [0.25, 0.3) is 0 Å². The van der Waals surface area contributed by atoms with Crippen molar-refractivity contribution in [3.63, 3.8) is 0 Å². The van der Waals surface area contributed by atoms with Crippen molar-refractivity contribution in [2.75, 3.05) is 0 Å². The van der Waals surface area contributed by atoms with Crippen LogP contribution in [-0.2, 0) is 32.9 Å². The first-order valence-electron chi connectivity index (χ1n) is 17.7. The summed E-state index contributed by atoms with van der Waals surface area (Å²) in [4.78, 5) is 9.17. The summed E-state index contributed by atoms with van der Waals surface area (Å²) in [5, 5.41) is 2.23. The van der Waals surface area contributed by atoms with Crippen molar-refractivity contribution in [2.45, 2.75) is 49.8 Å². The van der Waals surface area contributed by atoms with Crippen molar-refractivity contribution in [3.8, 4) is 33.6 Å². The summed E-state index contributed by atoms with van der Waals surface area (Å²) in [6.07, 6.45) is 0.755. The predicted octanol–water partition coefficient (Wildman–Crippen LogP) is 10.9. The van der Waals surface area contributed by atoms with Gasteiger partial charge in [0.05, 0.1) is 0 Å². The van der Waals surface area contributed by atoms with Gasteiger partial charge in [-0.05, 0) is 64.6 Å². The summed E-state index contributed by atoms with van der Waals surface area (Å²) in [6.45, 7) is 2.19. The minimum Gasteiger partial charge on any atom is -0.304 e. The van der Waals surface area contributed by atoms with Gasteiger partial charge in [0, 0.05) is 36.5 Å². The van der Waals surface area contributed by atoms with Gasteiger partial charge in [0.2, 0.25) is 0 Å². The predicted molar refractivity (Wildman–Crippen MR) is 200 cm³/mol. The zero-order chi connectivity index (χ0) is 35.3. The summed E-state index contributed by atoms with van der Waals surface area (Å²) in [6, 6.07) is 39.0. The fourth-order valence-electron chi connectivity index (χ4n) is 6.13. The average Bonchev–Trinajstić information content (AvgIpc) is 3.49. The number of rotatable bonds is 4. The molecule has 0 saturated heterocycles. The summed E-state index contributed by atoms with van der Waals surface area (Å²) in [5.74, 6) is 7.20. The van der Waals surface area contributed by atoms with E-state index >= 15 is 0 Å². The van der Waals surface area contributed by atoms with E-state index in [4.69, 9.17) is 5.48 Å². The van der Waals surface area contributed by atoms with Gasteiger partial charge in [0.15, 0.2) is 0 Å². The molecule has 237 valence electrons. The number of aromatic nitrogens is 2. The Morgan fingerprint density at radius 3 is 2.36 bits per heavy atom. The van der Waals surface area contributed by atoms with Gasteiger partial charge in [-0.1, -0.05) is 59.0 Å². The first-order chi connectivity index (χ1) is 23.8. The molecule has 0 N–H and O–H groups in total. The van der Waals surface area contributed by atoms with Crippen molar-refractivity contribution in [2.24, 2.45) is 0 Å². The Balaban J connectivity index is 0.000000211. The van der Waals surface area contributed by atoms with Crippen LogP contribution < -0.4 is 4.40 Å². The van der Waals surface area contributed by atoms with Crippen LogP contribution in [0.4, 0.5) is 0 Å². The van der Waals surface area contributed by atoms with E-state index in [1.54, 1.807) is 23.6 Å². The molecular formula is C42H38GeIrN2S-2. The fraction of sp³-hybridized carbons (Fsp3) is 0.190. The van der Waals surface area contributed by atoms with Gasteiger partial charge in [-0.25, -0.2) is 0 Å². The van der Waals surface area contributed by atoms with E-state index in [1.165, 1.54) is 9.96 Å². The number of aryl methyl sites for hydroxylation is 2. The second-order valence-electron chi connectivity index (χ2n) is 12.6. The number of benzene rings is 4. The number of hydrogen-bond donors (Lipinski definition) is 0. The normalized spacial score (nSPS) is 16.0. The maximum absolute atomic E-state index is 8.66. The van der Waals surface area contributed by atoms with Crippen LogP contribution in [0.25, 0.3) is 53.8 Å². The SMILES string of the molecule is Cc1cc(-c2[c-]cccc2)nc[c]1[Ge]([CH3])([CH3])[CH3].[2H]C1([2H])CCC([2H])([2H])c2c1ccnc2-c1[c-]ccc2c1sc1cc(-c3ccccc3)ccc12.[Ir]. The van der Waals surface area contributed by atoms with Crippen molar-refractivity contribution in [1.82, 2.24) is 9.97 Å². The third kappa shape index (κ3) is 7.08. The van der Waals surface area contributed by atoms with Crippen molar-refractivity contribution in [1.29, 1.82) is 0 Å². The number of hydrogen-bond acceptors (Lipinski definition) is 3. The monoisotopic (exact) mass is 873 g/mol. The molecule has 2 nitrogen and oxygen atoms in total. The first-order valence-corrected chi connectivity index (χ1v) is 23.9. The summed E-state index contributed by atoms with van der Waals surface area (Å²) in [7, 11) is 0. The third-order valence-electron chi connectivity index (χ3n) is 8.37. The molecule has 0 bridgehead atoms. The molecule has 0 spiro atoms. The molecular weight excluding hydrogens is 829 g/mol. The van der Waals surface area contributed by atoms with E-state index in [0.29, 0.717) is 16.8 Å². The van der Waals surface area contributed by atoms with E-state index in [0.717, 1.165) is 48.1 Å². The Morgan fingerprint density at radius 1 is 0.787 bits per heavy atom. The smallest absolute Gasteiger partial charge is 0.0316 e. The van der Waals surface area contributed by atoms with E-state index < -0.39 is 26.0 Å². The molecule has 1 aliphatic rings. The quantitative estimate of drug-likeness (QED) is 0.130. The Morgan fingerprint density at radius 2 is 1.60 bits per heavy atom. The second-order valence-corrected chi connectivity index (χ2v) is 24.2. The number of thiophene rings is 1. The van der Waals surface area contributed by atoms with Crippen LogP contribution in [-0.4, -0.2) is 23.2 Å². The number of pyridine rings is 2. The molecule has 0 unspecified atom stereocenters. The molecule has 3 heterocycles. The average molecular weight is 872 g/mol. The van der Waals surface area contributed by atoms with Crippen LogP contribution in [0.3, 0.4) is 0 Å². The van der Waals surface area contributed by atoms with Gasteiger partial charge in [-0.15, -0.1) is 23.8 Å². The topological polar surface area (TPSA) is 25.8 Å². The Labute approximate surface area is 304 Å². The van der Waals surface area contributed by atoms with Gasteiger partial charge in [-0.2, -0.15) is 11.3 Å². The molecule has 47 heavy (non-hydrogen) atoms. The van der Waals surface area contributed by atoms with Crippen LogP contribution >= 0.6 is 11.3 Å². The van der Waals surface area contributed by atoms with Crippen LogP contribution in [0.1, 0.15) is 35.0 Å². The maximum atomic E-state index is 8.66. The molecule has 8 rings (SSSR count). The summed E-state index contributed by atoms with van der Waals surface area (Å²) < 4.78 is 37.9. The minimum absolute atomic E-state index is 0. The molecule has 7 aromatic rings. The van der Waals surface area contributed by atoms with E-state index in [-0.39, 0.29) is 32.9 Å². The second kappa shape index (κ2) is 14.4. The van der Waals surface area contributed by atoms with Crippen LogP contribution in [0, 0.1) is 19.1 Å². The summed E-state index contributed by atoms with van der Waals surface area (Å²) in [5.41, 5.74) is 7.81. The molecule has 0 fully saturated rings. The number of nitrogens with zero attached hydrogens (tertiary/aromatic N) is 2. The molecule has 3 aromatic heterocycles. The van der Waals surface area contributed by atoms with Gasteiger partial charge in [0.1, 0.15) is 0 Å². The molecule has 0 atom stereocenters. The van der Waals surface area contributed by atoms with Crippen LogP contribution in [0.2, 0.25) is 17.3 Å². The zero-order valence-corrected chi connectivity index (χ0v) is 32.3. The van der Waals surface area contributed by atoms with E-state index in [9.17, 15) is 0 Å². The Bertz CT molecular complexity index is 2340. The molecule has 0 saturated carbocycles. The molecule has 5 heteroatoms. The summed E-state index contributed by atoms with van der Waals surface area (Å²) >= 11 is -0.117. The molecule has 4 aromatic carbocycles. The van der Waals surface area contributed by atoms with Crippen LogP contribution in [0.15, 0.2) is 109 Å². The van der Waals surface area contributed by atoms with Crippen molar-refractivity contribution >= 4 is 49.2 Å². The van der Waals surface area contributed by atoms with Gasteiger partial charge in [-0.3, -0.25) is 0 Å².